The van der Waals surface area contributed by atoms with Crippen LogP contribution >= 0.6 is 11.6 Å². The van der Waals surface area contributed by atoms with Crippen LogP contribution in [0.15, 0.2) is 11.7 Å². The number of carbonyl (C=O) groups excluding carboxylic acids is 1. The molecule has 0 aliphatic carbocycles. The molecule has 0 fully saturated rings. The number of halogens is 3. The highest BCUT2D eigenvalue weighted by Gasteiger charge is 2.01. The lowest BCUT2D eigenvalue weighted by Gasteiger charge is -1.95. The predicted octanol–water partition coefficient (Wildman–Crippen LogP) is 3.09. The molecule has 0 amide bonds. The van der Waals surface area contributed by atoms with Gasteiger partial charge in [-0.3, -0.25) is 4.79 Å². The molecule has 0 aliphatic heterocycles. The van der Waals surface area contributed by atoms with E-state index in [-0.39, 0.29) is 18.4 Å². The van der Waals surface area contributed by atoms with E-state index in [2.05, 4.69) is 0 Å². The molecule has 0 saturated carbocycles. The van der Waals surface area contributed by atoms with E-state index in [4.69, 9.17) is 11.6 Å². The first-order valence-corrected chi connectivity index (χ1v) is 3.61. The van der Waals surface area contributed by atoms with E-state index < -0.39 is 11.3 Å². The minimum Gasteiger partial charge on any atom is -0.281 e. The van der Waals surface area contributed by atoms with Gasteiger partial charge in [-0.25, -0.2) is 0 Å². The van der Waals surface area contributed by atoms with Crippen LogP contribution < -0.4 is 0 Å². The average molecular weight is 183 g/mol. The van der Waals surface area contributed by atoms with Crippen LogP contribution in [0.4, 0.5) is 8.78 Å². The van der Waals surface area contributed by atoms with Gasteiger partial charge in [-0.2, -0.15) is 8.78 Å². The molecular formula is C7H9ClF2O. The molecule has 4 heteroatoms. The van der Waals surface area contributed by atoms with Crippen molar-refractivity contribution in [3.05, 3.63) is 11.7 Å². The molecule has 0 rings (SSSR count). The number of hydrogen-bond acceptors (Lipinski definition) is 1. The van der Waals surface area contributed by atoms with E-state index in [9.17, 15) is 13.6 Å². The third-order valence-corrected chi connectivity index (χ3v) is 1.44. The maximum Gasteiger partial charge on any atom is 0.269 e. The fraction of sp³-hybridized carbons (Fsp3) is 0.571. The Morgan fingerprint density at radius 2 is 1.91 bits per heavy atom. The molecule has 0 saturated heterocycles. The van der Waals surface area contributed by atoms with Crippen molar-refractivity contribution < 1.29 is 13.6 Å². The van der Waals surface area contributed by atoms with Crippen molar-refractivity contribution in [3.8, 4) is 0 Å². The Labute approximate surface area is 69.0 Å². The van der Waals surface area contributed by atoms with Crippen molar-refractivity contribution in [2.75, 3.05) is 0 Å². The van der Waals surface area contributed by atoms with Crippen molar-refractivity contribution in [1.82, 2.24) is 0 Å². The molecule has 0 aliphatic rings. The molecule has 0 radical (unpaired) electrons. The van der Waals surface area contributed by atoms with Crippen molar-refractivity contribution in [2.24, 2.45) is 0 Å². The Morgan fingerprint density at radius 3 is 2.27 bits per heavy atom. The fourth-order valence-corrected chi connectivity index (χ4v) is 0.721. The summed E-state index contributed by atoms with van der Waals surface area (Å²) in [4.78, 5) is 10.2. The third-order valence-electron chi connectivity index (χ3n) is 1.25. The highest BCUT2D eigenvalue weighted by atomic mass is 35.5. The summed E-state index contributed by atoms with van der Waals surface area (Å²) < 4.78 is 23.4. The molecule has 0 N–H and O–H groups in total. The quantitative estimate of drug-likeness (QED) is 0.611. The van der Waals surface area contributed by atoms with Crippen LogP contribution in [0.3, 0.4) is 0 Å². The van der Waals surface area contributed by atoms with Gasteiger partial charge in [0.1, 0.15) is 0 Å². The van der Waals surface area contributed by atoms with Gasteiger partial charge in [-0.15, -0.1) is 0 Å². The molecule has 64 valence electrons. The van der Waals surface area contributed by atoms with Crippen LogP contribution in [-0.2, 0) is 4.79 Å². The standard InChI is InChI=1S/C7H9ClF2O/c1-5(7(9)10)3-2-4-6(8)11/h2-4H2,1H3. The number of rotatable bonds is 4. The summed E-state index contributed by atoms with van der Waals surface area (Å²) in [5.74, 6) is 0. The second-order valence-electron chi connectivity index (χ2n) is 2.25. The maximum atomic E-state index is 11.7. The minimum absolute atomic E-state index is 0.0305. The summed E-state index contributed by atoms with van der Waals surface area (Å²) >= 11 is 5.00. The van der Waals surface area contributed by atoms with E-state index in [1.807, 2.05) is 0 Å². The van der Waals surface area contributed by atoms with Gasteiger partial charge in [0, 0.05) is 6.42 Å². The highest BCUT2D eigenvalue weighted by molar-refractivity contribution is 6.63. The van der Waals surface area contributed by atoms with Crippen LogP contribution in [-0.4, -0.2) is 5.24 Å². The normalized spacial score (nSPS) is 9.45. The predicted molar refractivity (Wildman–Crippen MR) is 39.6 cm³/mol. The van der Waals surface area contributed by atoms with Gasteiger partial charge >= 0.3 is 0 Å². The molecule has 1 nitrogen and oxygen atoms in total. The molecule has 0 aromatic carbocycles. The Hall–Kier alpha value is -0.440. The first-order valence-electron chi connectivity index (χ1n) is 3.23. The van der Waals surface area contributed by atoms with E-state index in [0.29, 0.717) is 6.42 Å². The van der Waals surface area contributed by atoms with Crippen LogP contribution in [0, 0.1) is 0 Å². The van der Waals surface area contributed by atoms with Crippen molar-refractivity contribution in [2.45, 2.75) is 26.2 Å². The van der Waals surface area contributed by atoms with Gasteiger partial charge in [0.05, 0.1) is 0 Å². The molecule has 11 heavy (non-hydrogen) atoms. The Morgan fingerprint density at radius 1 is 1.36 bits per heavy atom. The molecule has 0 aromatic heterocycles. The van der Waals surface area contributed by atoms with Crippen molar-refractivity contribution in [3.63, 3.8) is 0 Å². The number of allylic oxidation sites excluding steroid dienone is 1. The van der Waals surface area contributed by atoms with Gasteiger partial charge in [0.25, 0.3) is 6.08 Å². The summed E-state index contributed by atoms with van der Waals surface area (Å²) in [6, 6.07) is 0. The maximum absolute atomic E-state index is 11.7. The molecule has 0 atom stereocenters. The number of hydrogen-bond donors (Lipinski definition) is 0. The van der Waals surface area contributed by atoms with Crippen LogP contribution in [0.25, 0.3) is 0 Å². The lowest BCUT2D eigenvalue weighted by Crippen LogP contribution is -1.87. The number of carbonyl (C=O) groups is 1. The SMILES string of the molecule is CC(CCCC(=O)Cl)=C(F)F. The van der Waals surface area contributed by atoms with Gasteiger partial charge < -0.3 is 0 Å². The first kappa shape index (κ1) is 10.6. The van der Waals surface area contributed by atoms with E-state index in [1.165, 1.54) is 6.92 Å². The molecule has 0 aromatic rings. The van der Waals surface area contributed by atoms with Crippen LogP contribution in [0.1, 0.15) is 26.2 Å². The zero-order chi connectivity index (χ0) is 8.85. The summed E-state index contributed by atoms with van der Waals surface area (Å²) in [7, 11) is 0. The summed E-state index contributed by atoms with van der Waals surface area (Å²) in [6.07, 6.45) is -0.870. The smallest absolute Gasteiger partial charge is 0.269 e. The largest absolute Gasteiger partial charge is 0.281 e. The van der Waals surface area contributed by atoms with Crippen molar-refractivity contribution >= 4 is 16.8 Å². The lowest BCUT2D eigenvalue weighted by atomic mass is 10.1. The third kappa shape index (κ3) is 5.98. The Kier molecular flexibility index (Phi) is 5.03. The summed E-state index contributed by atoms with van der Waals surface area (Å²) in [5.41, 5.74) is 0.0305. The van der Waals surface area contributed by atoms with Gasteiger partial charge in [-0.05, 0) is 36.9 Å². The fourth-order valence-electron chi connectivity index (χ4n) is 0.587. The zero-order valence-electron chi connectivity index (χ0n) is 6.16. The van der Waals surface area contributed by atoms with E-state index in [0.717, 1.165) is 0 Å². The zero-order valence-corrected chi connectivity index (χ0v) is 6.92. The van der Waals surface area contributed by atoms with Gasteiger partial charge in [0.15, 0.2) is 0 Å². The van der Waals surface area contributed by atoms with E-state index in [1.54, 1.807) is 0 Å². The highest BCUT2D eigenvalue weighted by Crippen LogP contribution is 2.14. The minimum atomic E-state index is -1.66. The first-order chi connectivity index (χ1) is 5.04. The Bertz CT molecular complexity index is 173. The van der Waals surface area contributed by atoms with Gasteiger partial charge in [-0.1, -0.05) is 0 Å². The lowest BCUT2D eigenvalue weighted by molar-refractivity contribution is -0.111. The van der Waals surface area contributed by atoms with Gasteiger partial charge in [0.2, 0.25) is 5.24 Å². The average Bonchev–Trinajstić information content (AvgIpc) is 1.86. The second-order valence-corrected chi connectivity index (χ2v) is 2.67. The topological polar surface area (TPSA) is 17.1 Å². The summed E-state index contributed by atoms with van der Waals surface area (Å²) in [5, 5.41) is -0.475. The molecule has 0 bridgehead atoms. The summed E-state index contributed by atoms with van der Waals surface area (Å²) in [6.45, 7) is 1.34. The van der Waals surface area contributed by atoms with Crippen LogP contribution in [0.5, 0.6) is 0 Å². The van der Waals surface area contributed by atoms with E-state index >= 15 is 0 Å². The molecule has 0 unspecified atom stereocenters. The molecule has 0 spiro atoms. The monoisotopic (exact) mass is 182 g/mol. The van der Waals surface area contributed by atoms with Crippen LogP contribution in [0.2, 0.25) is 0 Å². The second kappa shape index (κ2) is 5.24. The van der Waals surface area contributed by atoms with Crippen molar-refractivity contribution in [1.29, 1.82) is 0 Å². The molecule has 0 heterocycles. The molecular weight excluding hydrogens is 174 g/mol. The Balaban J connectivity index is 3.56.